The molecule has 0 aliphatic heterocycles. The summed E-state index contributed by atoms with van der Waals surface area (Å²) < 4.78 is 12.6. The van der Waals surface area contributed by atoms with Crippen LogP contribution in [0.1, 0.15) is 12.0 Å². The molecule has 0 aliphatic carbocycles. The molecule has 1 N–H and O–H groups in total. The number of ether oxygens (including phenoxy) is 2. The number of hydrogen-bond acceptors (Lipinski definition) is 4. The minimum atomic E-state index is -0.0368. The minimum absolute atomic E-state index is 0.0368. The molecule has 0 saturated heterocycles. The van der Waals surface area contributed by atoms with E-state index in [4.69, 9.17) is 14.5 Å². The molecule has 0 saturated carbocycles. The number of carbonyl (C=O) groups is 1. The minimum Gasteiger partial charge on any atom is -0.493 e. The van der Waals surface area contributed by atoms with Gasteiger partial charge >= 0.3 is 0 Å². The number of nitrogens with zero attached hydrogens (tertiary/aromatic N) is 2. The summed E-state index contributed by atoms with van der Waals surface area (Å²) in [7, 11) is 5.21. The molecule has 0 bridgehead atoms. The molecular formula is C25H25N3O3. The first-order valence-corrected chi connectivity index (χ1v) is 10.1. The number of hydrogen-bond donors (Lipinski definition) is 1. The molecule has 0 unspecified atom stereocenters. The van der Waals surface area contributed by atoms with Gasteiger partial charge in [0.1, 0.15) is 5.82 Å². The van der Waals surface area contributed by atoms with Crippen molar-refractivity contribution < 1.29 is 14.3 Å². The Morgan fingerprint density at radius 2 is 1.71 bits per heavy atom. The highest BCUT2D eigenvalue weighted by Gasteiger charge is 2.10. The second-order valence-corrected chi connectivity index (χ2v) is 7.30. The quantitative estimate of drug-likeness (QED) is 0.470. The molecule has 1 aromatic heterocycles. The van der Waals surface area contributed by atoms with Gasteiger partial charge in [-0.25, -0.2) is 4.98 Å². The predicted octanol–water partition coefficient (Wildman–Crippen LogP) is 4.83. The van der Waals surface area contributed by atoms with E-state index in [-0.39, 0.29) is 5.91 Å². The Balaban J connectivity index is 1.39. The molecule has 4 rings (SSSR count). The first-order valence-electron chi connectivity index (χ1n) is 10.1. The third-order valence-electron chi connectivity index (χ3n) is 5.30. The zero-order chi connectivity index (χ0) is 21.8. The van der Waals surface area contributed by atoms with Crippen LogP contribution in [0.15, 0.2) is 66.7 Å². The maximum absolute atomic E-state index is 12.4. The number of fused-ring (bicyclic) bond motifs is 1. The van der Waals surface area contributed by atoms with Crippen molar-refractivity contribution in [3.63, 3.8) is 0 Å². The van der Waals surface area contributed by atoms with Crippen molar-refractivity contribution in [2.24, 2.45) is 7.05 Å². The van der Waals surface area contributed by atoms with Crippen molar-refractivity contribution in [2.45, 2.75) is 12.8 Å². The largest absolute Gasteiger partial charge is 0.493 e. The lowest BCUT2D eigenvalue weighted by Crippen LogP contribution is -2.12. The monoisotopic (exact) mass is 415 g/mol. The number of carbonyl (C=O) groups excluding carboxylic acids is 1. The Labute approximate surface area is 181 Å². The summed E-state index contributed by atoms with van der Waals surface area (Å²) in [5, 5.41) is 2.96. The summed E-state index contributed by atoms with van der Waals surface area (Å²) in [4.78, 5) is 17.1. The van der Waals surface area contributed by atoms with Gasteiger partial charge in [-0.3, -0.25) is 4.79 Å². The molecule has 1 heterocycles. The van der Waals surface area contributed by atoms with E-state index >= 15 is 0 Å². The van der Waals surface area contributed by atoms with E-state index in [0.29, 0.717) is 24.3 Å². The molecule has 4 aromatic rings. The van der Waals surface area contributed by atoms with Gasteiger partial charge in [0, 0.05) is 24.7 Å². The van der Waals surface area contributed by atoms with Crippen LogP contribution in [0.4, 0.5) is 5.69 Å². The van der Waals surface area contributed by atoms with Crippen molar-refractivity contribution in [3.05, 3.63) is 72.3 Å². The summed E-state index contributed by atoms with van der Waals surface area (Å²) >= 11 is 0. The Hall–Kier alpha value is -3.80. The van der Waals surface area contributed by atoms with Crippen molar-refractivity contribution in [1.29, 1.82) is 0 Å². The summed E-state index contributed by atoms with van der Waals surface area (Å²) in [5.41, 5.74) is 4.84. The molecule has 0 spiro atoms. The normalized spacial score (nSPS) is 10.8. The van der Waals surface area contributed by atoms with Gasteiger partial charge < -0.3 is 19.4 Å². The van der Waals surface area contributed by atoms with Gasteiger partial charge in [0.05, 0.1) is 25.3 Å². The number of aryl methyl sites for hydroxylation is 2. The Kier molecular flexibility index (Phi) is 5.89. The summed E-state index contributed by atoms with van der Waals surface area (Å²) in [6.45, 7) is 0. The highest BCUT2D eigenvalue weighted by molar-refractivity contribution is 5.91. The lowest BCUT2D eigenvalue weighted by atomic mass is 10.1. The van der Waals surface area contributed by atoms with Crippen LogP contribution >= 0.6 is 0 Å². The standard InChI is InChI=1S/C25H25N3O3/c1-28-21-7-5-4-6-20(21)27-25(28)18-10-12-19(13-11-18)26-24(29)15-9-17-8-14-22(30-2)23(16-17)31-3/h4-8,10-14,16H,9,15H2,1-3H3,(H,26,29). The summed E-state index contributed by atoms with van der Waals surface area (Å²) in [5.74, 6) is 2.20. The first kappa shape index (κ1) is 20.5. The molecule has 31 heavy (non-hydrogen) atoms. The van der Waals surface area contributed by atoms with Crippen LogP contribution in [0, 0.1) is 0 Å². The van der Waals surface area contributed by atoms with Crippen LogP contribution in [0.25, 0.3) is 22.4 Å². The molecule has 0 fully saturated rings. The average molecular weight is 415 g/mol. The molecule has 0 aliphatic rings. The number of amides is 1. The van der Waals surface area contributed by atoms with E-state index in [9.17, 15) is 4.79 Å². The van der Waals surface area contributed by atoms with Crippen LogP contribution in [-0.4, -0.2) is 29.7 Å². The van der Waals surface area contributed by atoms with Crippen LogP contribution in [0.2, 0.25) is 0 Å². The fraction of sp³-hybridized carbons (Fsp3) is 0.200. The maximum atomic E-state index is 12.4. The molecule has 0 atom stereocenters. The van der Waals surface area contributed by atoms with Crippen LogP contribution in [0.5, 0.6) is 11.5 Å². The average Bonchev–Trinajstić information content (AvgIpc) is 3.14. The van der Waals surface area contributed by atoms with E-state index in [1.54, 1.807) is 14.2 Å². The van der Waals surface area contributed by atoms with E-state index in [0.717, 1.165) is 33.7 Å². The Morgan fingerprint density at radius 3 is 2.42 bits per heavy atom. The third-order valence-corrected chi connectivity index (χ3v) is 5.30. The zero-order valence-electron chi connectivity index (χ0n) is 17.9. The molecule has 1 amide bonds. The van der Waals surface area contributed by atoms with Gasteiger partial charge in [-0.2, -0.15) is 0 Å². The number of imidazole rings is 1. The maximum Gasteiger partial charge on any atom is 0.224 e. The van der Waals surface area contributed by atoms with Crippen molar-refractivity contribution in [2.75, 3.05) is 19.5 Å². The van der Waals surface area contributed by atoms with Gasteiger partial charge in [0.25, 0.3) is 0 Å². The molecule has 3 aromatic carbocycles. The zero-order valence-corrected chi connectivity index (χ0v) is 17.9. The van der Waals surface area contributed by atoms with E-state index in [1.807, 2.05) is 67.7 Å². The predicted molar refractivity (Wildman–Crippen MR) is 123 cm³/mol. The third kappa shape index (κ3) is 4.38. The molecule has 158 valence electrons. The number of para-hydroxylation sites is 2. The van der Waals surface area contributed by atoms with Crippen LogP contribution < -0.4 is 14.8 Å². The van der Waals surface area contributed by atoms with Gasteiger partial charge in [0.15, 0.2) is 11.5 Å². The Morgan fingerprint density at radius 1 is 0.968 bits per heavy atom. The summed E-state index contributed by atoms with van der Waals surface area (Å²) in [6, 6.07) is 21.5. The van der Waals surface area contributed by atoms with E-state index in [1.165, 1.54) is 0 Å². The second-order valence-electron chi connectivity index (χ2n) is 7.30. The van der Waals surface area contributed by atoms with Crippen molar-refractivity contribution in [3.8, 4) is 22.9 Å². The fourth-order valence-corrected chi connectivity index (χ4v) is 3.62. The number of rotatable bonds is 7. The second kappa shape index (κ2) is 8.92. The van der Waals surface area contributed by atoms with Crippen LogP contribution in [0.3, 0.4) is 0 Å². The van der Waals surface area contributed by atoms with Gasteiger partial charge in [-0.05, 0) is 60.5 Å². The molecule has 6 heteroatoms. The smallest absolute Gasteiger partial charge is 0.224 e. The van der Waals surface area contributed by atoms with Crippen molar-refractivity contribution >= 4 is 22.6 Å². The topological polar surface area (TPSA) is 65.4 Å². The van der Waals surface area contributed by atoms with Gasteiger partial charge in [-0.1, -0.05) is 18.2 Å². The molecular weight excluding hydrogens is 390 g/mol. The number of aromatic nitrogens is 2. The molecule has 0 radical (unpaired) electrons. The van der Waals surface area contributed by atoms with Gasteiger partial charge in [0.2, 0.25) is 5.91 Å². The number of anilines is 1. The van der Waals surface area contributed by atoms with Crippen molar-refractivity contribution in [1.82, 2.24) is 9.55 Å². The Bertz CT molecular complexity index is 1210. The fourth-order valence-electron chi connectivity index (χ4n) is 3.62. The highest BCUT2D eigenvalue weighted by atomic mass is 16.5. The van der Waals surface area contributed by atoms with E-state index < -0.39 is 0 Å². The number of methoxy groups -OCH3 is 2. The lowest BCUT2D eigenvalue weighted by molar-refractivity contribution is -0.116. The van der Waals surface area contributed by atoms with E-state index in [2.05, 4.69) is 16.0 Å². The lowest BCUT2D eigenvalue weighted by Gasteiger charge is -2.10. The first-order chi connectivity index (χ1) is 15.1. The van der Waals surface area contributed by atoms with Crippen LogP contribution in [-0.2, 0) is 18.3 Å². The number of benzene rings is 3. The molecule has 6 nitrogen and oxygen atoms in total. The SMILES string of the molecule is COc1ccc(CCC(=O)Nc2ccc(-c3nc4ccccc4n3C)cc2)cc1OC. The number of nitrogens with one attached hydrogen (secondary N) is 1. The highest BCUT2D eigenvalue weighted by Crippen LogP contribution is 2.28. The van der Waals surface area contributed by atoms with Gasteiger partial charge in [-0.15, -0.1) is 0 Å². The summed E-state index contributed by atoms with van der Waals surface area (Å²) in [6.07, 6.45) is 0.992.